The number of carbonyl (C=O) groups excluding carboxylic acids is 6. The number of nitrogens with one attached hydrogen (secondary N) is 1. The van der Waals surface area contributed by atoms with E-state index in [1.807, 2.05) is 112 Å². The summed E-state index contributed by atoms with van der Waals surface area (Å²) in [6.07, 6.45) is 0.716. The number of Topliss-reactive ketones (excluding diaryl/α,β-unsaturated/α-hetero) is 2. The predicted molar refractivity (Wildman–Crippen MR) is 385 cm³/mol. The number of hydrogen-bond donors (Lipinski definition) is 2. The Morgan fingerprint density at radius 2 is 0.949 bits per heavy atom. The minimum Gasteiger partial charge on any atom is -0.870 e. The molecular formula is C75H89Cl4LiN4O12S2. The monoisotopic (exact) mass is 1450 g/mol. The Bertz CT molecular complexity index is 4070. The summed E-state index contributed by atoms with van der Waals surface area (Å²) in [5.74, 6) is -3.75. The first-order valence-electron chi connectivity index (χ1n) is 32.2. The summed E-state index contributed by atoms with van der Waals surface area (Å²) in [6.45, 7) is 19.9. The molecule has 0 spiro atoms. The summed E-state index contributed by atoms with van der Waals surface area (Å²) in [4.78, 5) is 96.8. The van der Waals surface area contributed by atoms with E-state index in [1.165, 1.54) is 26.2 Å². The minimum absolute atomic E-state index is 0. The van der Waals surface area contributed by atoms with E-state index in [1.54, 1.807) is 100 Å². The third-order valence-electron chi connectivity index (χ3n) is 18.6. The molecule has 10 atom stereocenters. The van der Waals surface area contributed by atoms with E-state index in [0.717, 1.165) is 22.3 Å². The minimum atomic E-state index is -3.10. The van der Waals surface area contributed by atoms with Crippen LogP contribution in [0.25, 0.3) is 0 Å². The second-order valence-corrected chi connectivity index (χ2v) is 34.6. The summed E-state index contributed by atoms with van der Waals surface area (Å²) in [5, 5.41) is 10.6. The number of hydrogen-bond acceptors (Lipinski definition) is 12. The fraction of sp³-hybridized carbons (Fsp3) is 0.427. The van der Waals surface area contributed by atoms with Crippen molar-refractivity contribution in [2.24, 2.45) is 27.0 Å². The molecule has 2 saturated heterocycles. The van der Waals surface area contributed by atoms with Crippen molar-refractivity contribution >= 4 is 107 Å². The van der Waals surface area contributed by atoms with Gasteiger partial charge < -0.3 is 25.1 Å². The number of nitrogens with zero attached hydrogens (tertiary/aromatic N) is 3. The van der Waals surface area contributed by atoms with Gasteiger partial charge in [0.25, 0.3) is 5.91 Å². The number of halogens is 4. The maximum atomic E-state index is 15.2. The topological polar surface area (TPSA) is 256 Å². The van der Waals surface area contributed by atoms with E-state index in [4.69, 9.17) is 55.9 Å². The van der Waals surface area contributed by atoms with Crippen LogP contribution < -0.4 is 18.9 Å². The zero-order valence-electron chi connectivity index (χ0n) is 57.9. The molecule has 8 rings (SSSR count). The number of carboxylic acid groups (broad SMARTS) is 1. The predicted octanol–water partition coefficient (Wildman–Crippen LogP) is 13.8. The van der Waals surface area contributed by atoms with Gasteiger partial charge in [0.1, 0.15) is 11.6 Å². The number of amides is 3. The molecule has 16 nitrogen and oxygen atoms in total. The number of ether oxygens (including phenoxy) is 1. The molecule has 3 amide bonds. The third kappa shape index (κ3) is 20.3. The molecule has 6 aromatic rings. The number of ketones is 2. The normalized spacial score (nSPS) is 21.1. The first-order chi connectivity index (χ1) is 45.0. The number of likely N-dealkylation sites (tertiary alicyclic amines) is 2. The molecule has 2 unspecified atom stereocenters. The second kappa shape index (κ2) is 34.9. The van der Waals surface area contributed by atoms with Gasteiger partial charge in [-0.2, -0.15) is 4.36 Å². The van der Waals surface area contributed by atoms with Crippen molar-refractivity contribution in [3.63, 3.8) is 0 Å². The first kappa shape index (κ1) is 82.5. The zero-order chi connectivity index (χ0) is 70.9. The van der Waals surface area contributed by atoms with Crippen molar-refractivity contribution in [2.45, 2.75) is 161 Å². The Hall–Kier alpha value is -6.17. The fourth-order valence-electron chi connectivity index (χ4n) is 13.3. The Kier molecular flexibility index (Phi) is 29.4. The molecule has 2 heterocycles. The molecule has 0 radical (unpaired) electrons. The van der Waals surface area contributed by atoms with Gasteiger partial charge in [0.05, 0.1) is 62.4 Å². The Morgan fingerprint density at radius 3 is 1.28 bits per heavy atom. The molecule has 98 heavy (non-hydrogen) atoms. The van der Waals surface area contributed by atoms with Crippen LogP contribution in [-0.2, 0) is 61.0 Å². The van der Waals surface area contributed by atoms with Gasteiger partial charge in [0.15, 0.2) is 0 Å². The number of esters is 1. The van der Waals surface area contributed by atoms with E-state index in [9.17, 15) is 42.3 Å². The SMILES string of the molecule is CC(C)[C@@H](CS(=N)(=O)C(C)C)N1C(=O)[C@@](C)(CC(=O)Cc2ccc(C(=O)O)cc2)C[C@H](c2cccc(Cl)c2)[C@H]1c1ccc(Cl)cc1.COC(=O)c1ccc(CC(=O)C[C@@]2(C)C[C@H](c3cccc(Cl)c3)[C@@H](c3ccc(Cl)cc3)N([C@H](CS(=O)(=NC(C)=O)C(C)C)C(C)C)C2=O)cc1.[Li+].[OH-]. The number of benzene rings is 6. The van der Waals surface area contributed by atoms with Crippen molar-refractivity contribution in [1.82, 2.24) is 9.80 Å². The number of piperidine rings is 2. The van der Waals surface area contributed by atoms with Crippen LogP contribution in [0.15, 0.2) is 150 Å². The van der Waals surface area contributed by atoms with Gasteiger partial charge in [-0.25, -0.2) is 18.0 Å². The maximum absolute atomic E-state index is 15.2. The molecule has 2 aliphatic heterocycles. The largest absolute Gasteiger partial charge is 1.00 e. The molecule has 2 fully saturated rings. The van der Waals surface area contributed by atoms with Crippen molar-refractivity contribution in [3.8, 4) is 0 Å². The van der Waals surface area contributed by atoms with Crippen LogP contribution in [0.3, 0.4) is 0 Å². The van der Waals surface area contributed by atoms with Gasteiger partial charge in [-0.3, -0.25) is 28.8 Å². The van der Waals surface area contributed by atoms with Crippen molar-refractivity contribution < 1.29 is 76.2 Å². The van der Waals surface area contributed by atoms with E-state index in [0.29, 0.717) is 49.6 Å². The molecule has 3 N–H and O–H groups in total. The molecule has 0 bridgehead atoms. The summed E-state index contributed by atoms with van der Waals surface area (Å²) >= 11 is 25.7. The number of aromatic carboxylic acids is 1. The van der Waals surface area contributed by atoms with Crippen molar-refractivity contribution in [2.75, 3.05) is 18.6 Å². The fourth-order valence-corrected chi connectivity index (χ4v) is 17.6. The quantitative estimate of drug-likeness (QED) is 0.0424. The summed E-state index contributed by atoms with van der Waals surface area (Å²) in [5.41, 5.74) is 3.09. The molecule has 522 valence electrons. The Labute approximate surface area is 610 Å². The van der Waals surface area contributed by atoms with Crippen LogP contribution >= 0.6 is 46.4 Å². The van der Waals surface area contributed by atoms with E-state index in [-0.39, 0.29) is 114 Å². The van der Waals surface area contributed by atoms with Gasteiger partial charge in [0.2, 0.25) is 11.8 Å². The van der Waals surface area contributed by atoms with E-state index >= 15 is 4.79 Å². The number of carboxylic acids is 1. The van der Waals surface area contributed by atoms with Crippen LogP contribution in [0, 0.1) is 27.4 Å². The zero-order valence-corrected chi connectivity index (χ0v) is 62.6. The molecule has 0 aromatic heterocycles. The average molecular weight is 1450 g/mol. The average Bonchev–Trinajstić information content (AvgIpc) is 0.741. The Balaban J connectivity index is 0.000000348. The standard InChI is InChI=1S/C39H46Cl2N2O6S.C36H42Cl2N2O5S.Li.H2O/c1-24(2)35(23-50(48,25(3)4)42-26(5)44)43-36(28-15-17-31(40)18-16-28)34(30-9-8-10-32(41)20-30)22-39(6,38(43)47)21-33(45)19-27-11-13-29(14-12-27)37(46)49-7;1-22(2)32(21-46(39,45)23(3)4)40-33(25-13-15-28(37)16-14-25)31(27-7-6-8-29(38)18-27)20-36(5,35(40)44)19-30(41)17-24-9-11-26(12-10-24)34(42)43;;/h8-18,20,24-25,34-36H,19,21-23H2,1-7H3;6-16,18,22-23,31-33,39H,17,19-21H2,1-5H3,(H,42,43);;1H2/q;;+1;/p-1/t34-,35-,36-,39+,50?;31-,32-,33-,36+,46?;;/m11../s1. The van der Waals surface area contributed by atoms with Crippen LogP contribution in [0.4, 0.5) is 0 Å². The molecule has 23 heteroatoms. The summed E-state index contributed by atoms with van der Waals surface area (Å²) in [6, 6.07) is 40.4. The van der Waals surface area contributed by atoms with Crippen LogP contribution in [-0.4, -0.2) is 111 Å². The van der Waals surface area contributed by atoms with Crippen LogP contribution in [0.5, 0.6) is 0 Å². The van der Waals surface area contributed by atoms with Gasteiger partial charge in [0, 0.05) is 96.8 Å². The molecule has 6 aromatic carbocycles. The number of carbonyl (C=O) groups is 7. The molecule has 0 saturated carbocycles. The van der Waals surface area contributed by atoms with Gasteiger partial charge in [-0.1, -0.05) is 188 Å². The maximum Gasteiger partial charge on any atom is 1.00 e. The third-order valence-corrected chi connectivity index (χ3v) is 24.8. The number of rotatable bonds is 24. The van der Waals surface area contributed by atoms with Gasteiger partial charge in [-0.15, -0.1) is 0 Å². The van der Waals surface area contributed by atoms with Gasteiger partial charge in [-0.05, 0) is 131 Å². The number of methoxy groups -OCH3 is 1. The van der Waals surface area contributed by atoms with Gasteiger partial charge >= 0.3 is 30.8 Å². The van der Waals surface area contributed by atoms with Crippen LogP contribution in [0.2, 0.25) is 20.1 Å². The van der Waals surface area contributed by atoms with E-state index < -0.39 is 82.8 Å². The Morgan fingerprint density at radius 1 is 0.571 bits per heavy atom. The summed E-state index contributed by atoms with van der Waals surface area (Å²) in [7, 11) is -4.86. The molecular weight excluding hydrogens is 1360 g/mol. The van der Waals surface area contributed by atoms with E-state index in [2.05, 4.69) is 4.36 Å². The van der Waals surface area contributed by atoms with Crippen LogP contribution in [0.1, 0.15) is 180 Å². The molecule has 0 aliphatic carbocycles. The summed E-state index contributed by atoms with van der Waals surface area (Å²) < 4.78 is 45.8. The first-order valence-corrected chi connectivity index (χ1v) is 37.2. The van der Waals surface area contributed by atoms with Crippen molar-refractivity contribution in [3.05, 3.63) is 210 Å². The second-order valence-electron chi connectivity index (χ2n) is 27.3. The smallest absolute Gasteiger partial charge is 0.870 e. The molecule has 2 aliphatic rings. The van der Waals surface area contributed by atoms with Crippen molar-refractivity contribution in [1.29, 1.82) is 4.78 Å².